The third kappa shape index (κ3) is 3.29. The Bertz CT molecular complexity index is 741. The summed E-state index contributed by atoms with van der Waals surface area (Å²) in [7, 11) is 1.33. The van der Waals surface area contributed by atoms with Crippen molar-refractivity contribution in [3.05, 3.63) is 29.6 Å². The molecule has 9 heteroatoms. The molecule has 1 aromatic rings. The lowest BCUT2D eigenvalue weighted by Crippen LogP contribution is -2.60. The van der Waals surface area contributed by atoms with Crippen LogP contribution in [0.4, 0.5) is 9.18 Å². The molecule has 2 fully saturated rings. The predicted octanol–water partition coefficient (Wildman–Crippen LogP) is 1.53. The van der Waals surface area contributed by atoms with E-state index in [2.05, 4.69) is 5.43 Å². The van der Waals surface area contributed by atoms with Crippen LogP contribution in [0.3, 0.4) is 0 Å². The summed E-state index contributed by atoms with van der Waals surface area (Å²) in [6, 6.07) is 3.17. The van der Waals surface area contributed by atoms with Crippen LogP contribution >= 0.6 is 0 Å². The topological polar surface area (TPSA) is 82.2 Å². The number of methoxy groups -OCH3 is 1. The number of nitrogens with one attached hydrogen (secondary N) is 1. The first-order chi connectivity index (χ1) is 12.4. The zero-order valence-corrected chi connectivity index (χ0v) is 14.7. The molecule has 0 bridgehead atoms. The molecule has 2 aliphatic heterocycles. The van der Waals surface area contributed by atoms with Gasteiger partial charge in [-0.3, -0.25) is 15.0 Å². The molecule has 0 radical (unpaired) electrons. The monoisotopic (exact) mass is 364 g/mol. The van der Waals surface area contributed by atoms with E-state index in [0.29, 0.717) is 6.54 Å². The van der Waals surface area contributed by atoms with Gasteiger partial charge in [-0.05, 0) is 38.0 Å². The second-order valence-corrected chi connectivity index (χ2v) is 6.33. The Hall–Kier alpha value is -2.84. The number of benzene rings is 1. The number of halogens is 1. The molecule has 2 saturated heterocycles. The second-order valence-electron chi connectivity index (χ2n) is 6.33. The second kappa shape index (κ2) is 7.19. The smallest absolute Gasteiger partial charge is 0.357 e. The normalized spacial score (nSPS) is 20.6. The third-order valence-electron chi connectivity index (χ3n) is 4.58. The summed E-state index contributed by atoms with van der Waals surface area (Å²) >= 11 is 0. The number of amides is 4. The number of fused-ring (bicyclic) bond motifs is 1. The van der Waals surface area contributed by atoms with Gasteiger partial charge in [-0.1, -0.05) is 0 Å². The van der Waals surface area contributed by atoms with Gasteiger partial charge in [0.2, 0.25) is 5.91 Å². The molecular formula is C17H21FN4O4. The number of hydrogen-bond donors (Lipinski definition) is 1. The van der Waals surface area contributed by atoms with Crippen LogP contribution in [0, 0.1) is 5.82 Å². The van der Waals surface area contributed by atoms with Gasteiger partial charge in [0.15, 0.2) is 11.6 Å². The average molecular weight is 364 g/mol. The zero-order valence-electron chi connectivity index (χ0n) is 14.7. The summed E-state index contributed by atoms with van der Waals surface area (Å²) in [5.41, 5.74) is 2.53. The Kier molecular flexibility index (Phi) is 4.97. The molecule has 4 amide bonds. The van der Waals surface area contributed by atoms with Crippen LogP contribution in [0.2, 0.25) is 0 Å². The van der Waals surface area contributed by atoms with Gasteiger partial charge in [0, 0.05) is 18.5 Å². The number of hydrazine groups is 2. The minimum atomic E-state index is -0.673. The lowest BCUT2D eigenvalue weighted by atomic mass is 10.1. The lowest BCUT2D eigenvalue weighted by molar-refractivity contribution is -0.149. The molecule has 3 rings (SSSR count). The number of nitrogens with zero attached hydrogens (tertiary/aromatic N) is 3. The number of rotatable bonds is 3. The van der Waals surface area contributed by atoms with Crippen molar-refractivity contribution in [1.82, 2.24) is 20.5 Å². The molecule has 1 N–H and O–H groups in total. The molecule has 1 aromatic carbocycles. The highest BCUT2D eigenvalue weighted by molar-refractivity contribution is 5.96. The van der Waals surface area contributed by atoms with Crippen molar-refractivity contribution in [3.63, 3.8) is 0 Å². The maximum Gasteiger partial charge on any atom is 0.357 e. The van der Waals surface area contributed by atoms with E-state index in [1.165, 1.54) is 29.3 Å². The molecule has 0 saturated carbocycles. The summed E-state index contributed by atoms with van der Waals surface area (Å²) in [4.78, 5) is 37.5. The number of hydrogen-bond acceptors (Lipinski definition) is 4. The van der Waals surface area contributed by atoms with Crippen LogP contribution in [-0.2, 0) is 4.79 Å². The fourth-order valence-electron chi connectivity index (χ4n) is 3.20. The summed E-state index contributed by atoms with van der Waals surface area (Å²) in [6.45, 7) is 2.41. The van der Waals surface area contributed by atoms with E-state index in [1.807, 2.05) is 6.92 Å². The van der Waals surface area contributed by atoms with Gasteiger partial charge in [0.05, 0.1) is 19.7 Å². The maximum absolute atomic E-state index is 13.8. The molecular weight excluding hydrogens is 343 g/mol. The van der Waals surface area contributed by atoms with Gasteiger partial charge in [0.1, 0.15) is 0 Å². The number of carbonyl (C=O) groups is 3. The van der Waals surface area contributed by atoms with Gasteiger partial charge in [-0.2, -0.15) is 0 Å². The first-order valence-electron chi connectivity index (χ1n) is 8.48. The van der Waals surface area contributed by atoms with Crippen molar-refractivity contribution < 1.29 is 23.5 Å². The van der Waals surface area contributed by atoms with E-state index >= 15 is 0 Å². The number of ether oxygens (including phenoxy) is 1. The Labute approximate surface area is 150 Å². The fourth-order valence-corrected chi connectivity index (χ4v) is 3.20. The van der Waals surface area contributed by atoms with E-state index in [9.17, 15) is 18.8 Å². The standard InChI is InChI=1S/C17H21FN4O4/c1-11-4-3-8-21-15(23)7-9-20(17(25)22(11)21)19-16(24)12-5-6-14(26-2)13(18)10-12/h5-6,10-11H,3-4,7-9H2,1-2H3,(H,19,24). The van der Waals surface area contributed by atoms with Gasteiger partial charge >= 0.3 is 6.03 Å². The Morgan fingerprint density at radius 3 is 2.77 bits per heavy atom. The first kappa shape index (κ1) is 18.0. The molecule has 26 heavy (non-hydrogen) atoms. The largest absolute Gasteiger partial charge is 0.494 e. The highest BCUT2D eigenvalue weighted by Gasteiger charge is 2.39. The van der Waals surface area contributed by atoms with Crippen molar-refractivity contribution in [3.8, 4) is 5.75 Å². The van der Waals surface area contributed by atoms with Gasteiger partial charge in [0.25, 0.3) is 5.91 Å². The molecule has 0 aliphatic carbocycles. The van der Waals surface area contributed by atoms with E-state index in [0.717, 1.165) is 23.9 Å². The third-order valence-corrected chi connectivity index (χ3v) is 4.58. The molecule has 140 valence electrons. The quantitative estimate of drug-likeness (QED) is 0.882. The van der Waals surface area contributed by atoms with Gasteiger partial charge < -0.3 is 4.74 Å². The van der Waals surface area contributed by atoms with Crippen LogP contribution in [-0.4, -0.2) is 59.1 Å². The summed E-state index contributed by atoms with van der Waals surface area (Å²) in [5, 5.41) is 3.97. The molecule has 2 aliphatic rings. The average Bonchev–Trinajstić information content (AvgIpc) is 2.74. The van der Waals surface area contributed by atoms with Crippen molar-refractivity contribution in [2.24, 2.45) is 0 Å². The Morgan fingerprint density at radius 1 is 1.31 bits per heavy atom. The van der Waals surface area contributed by atoms with Gasteiger partial charge in [-0.15, -0.1) is 0 Å². The highest BCUT2D eigenvalue weighted by Crippen LogP contribution is 2.23. The van der Waals surface area contributed by atoms with Crippen LogP contribution in [0.15, 0.2) is 18.2 Å². The molecule has 8 nitrogen and oxygen atoms in total. The van der Waals surface area contributed by atoms with Crippen molar-refractivity contribution in [1.29, 1.82) is 0 Å². The van der Waals surface area contributed by atoms with Crippen LogP contribution in [0.5, 0.6) is 5.75 Å². The summed E-state index contributed by atoms with van der Waals surface area (Å²) in [5.74, 6) is -1.44. The molecule has 0 spiro atoms. The minimum absolute atomic E-state index is 0.0239. The molecule has 1 atom stereocenters. The van der Waals surface area contributed by atoms with E-state index in [-0.39, 0.29) is 36.2 Å². The number of carbonyl (C=O) groups excluding carboxylic acids is 3. The Morgan fingerprint density at radius 2 is 2.08 bits per heavy atom. The summed E-state index contributed by atoms with van der Waals surface area (Å²) < 4.78 is 18.6. The Balaban J connectivity index is 1.78. The first-order valence-corrected chi connectivity index (χ1v) is 8.48. The zero-order chi connectivity index (χ0) is 18.8. The molecule has 1 unspecified atom stereocenters. The molecule has 2 heterocycles. The van der Waals surface area contributed by atoms with Crippen molar-refractivity contribution in [2.45, 2.75) is 32.2 Å². The lowest BCUT2D eigenvalue weighted by Gasteiger charge is -2.42. The molecule has 0 aromatic heterocycles. The summed E-state index contributed by atoms with van der Waals surface area (Å²) in [6.07, 6.45) is 1.71. The SMILES string of the molecule is COc1ccc(C(=O)NN2CCC(=O)N3CCCC(C)N3C2=O)cc1F. The van der Waals surface area contributed by atoms with Crippen LogP contribution in [0.1, 0.15) is 36.5 Å². The van der Waals surface area contributed by atoms with Crippen LogP contribution in [0.25, 0.3) is 0 Å². The van der Waals surface area contributed by atoms with E-state index in [1.54, 1.807) is 0 Å². The van der Waals surface area contributed by atoms with Crippen LogP contribution < -0.4 is 10.2 Å². The van der Waals surface area contributed by atoms with Crippen molar-refractivity contribution >= 4 is 17.8 Å². The van der Waals surface area contributed by atoms with Gasteiger partial charge in [-0.25, -0.2) is 24.2 Å². The van der Waals surface area contributed by atoms with E-state index in [4.69, 9.17) is 4.74 Å². The fraction of sp³-hybridized carbons (Fsp3) is 0.471. The van der Waals surface area contributed by atoms with E-state index < -0.39 is 17.8 Å². The minimum Gasteiger partial charge on any atom is -0.494 e. The highest BCUT2D eigenvalue weighted by atomic mass is 19.1. The maximum atomic E-state index is 13.8. The predicted molar refractivity (Wildman–Crippen MR) is 89.4 cm³/mol. The van der Waals surface area contributed by atoms with Crippen molar-refractivity contribution in [2.75, 3.05) is 20.2 Å². The number of urea groups is 1.